The smallest absolute Gasteiger partial charge is 0.233 e. The Morgan fingerprint density at radius 2 is 1.15 bits per heavy atom. The topological polar surface area (TPSA) is 47.5 Å². The van der Waals surface area contributed by atoms with Crippen molar-refractivity contribution in [2.75, 3.05) is 0 Å². The maximum atomic E-state index is 4.08. The number of hydrogen-bond acceptors (Lipinski definition) is 3. The molecule has 0 saturated carbocycles. The van der Waals surface area contributed by atoms with Crippen LogP contribution < -0.4 is 0 Å². The summed E-state index contributed by atoms with van der Waals surface area (Å²) in [5, 5.41) is 0. The van der Waals surface area contributed by atoms with Gasteiger partial charge in [-0.2, -0.15) is 0 Å². The van der Waals surface area contributed by atoms with Crippen molar-refractivity contribution >= 4 is 11.4 Å². The van der Waals surface area contributed by atoms with Gasteiger partial charge in [-0.3, -0.25) is 4.40 Å². The second-order valence-electron chi connectivity index (χ2n) is 3.65. The van der Waals surface area contributed by atoms with E-state index in [1.807, 2.05) is 85.5 Å². The first-order valence-corrected chi connectivity index (χ1v) is 7.55. The summed E-state index contributed by atoms with van der Waals surface area (Å²) >= 11 is 0. The first-order chi connectivity index (χ1) is 10.9. The molecule has 5 nitrogen and oxygen atoms in total. The summed E-state index contributed by atoms with van der Waals surface area (Å²) in [5.74, 6) is 0.748. The Hall–Kier alpha value is -0.482. The van der Waals surface area contributed by atoms with Gasteiger partial charge in [0.25, 0.3) is 0 Å². The van der Waals surface area contributed by atoms with E-state index in [9.17, 15) is 0 Å². The molecular weight excluding hydrogens is 488 g/mol. The van der Waals surface area contributed by atoms with E-state index in [-0.39, 0.29) is 87.7 Å². The van der Waals surface area contributed by atoms with Crippen LogP contribution in [0.2, 0.25) is 0 Å². The van der Waals surface area contributed by atoms with Gasteiger partial charge in [0.1, 0.15) is 5.65 Å². The third-order valence-electron chi connectivity index (χ3n) is 2.47. The number of aromatic nitrogens is 5. The van der Waals surface area contributed by atoms with E-state index < -0.39 is 0 Å². The van der Waals surface area contributed by atoms with Crippen molar-refractivity contribution in [3.8, 4) is 0 Å². The molecule has 27 heavy (non-hydrogen) atoms. The third-order valence-corrected chi connectivity index (χ3v) is 2.47. The van der Waals surface area contributed by atoms with Crippen LogP contribution in [0.4, 0.5) is 0 Å². The van der Waals surface area contributed by atoms with Crippen LogP contribution >= 0.6 is 0 Å². The Kier molecular flexibility index (Phi) is 32.5. The Labute approximate surface area is 216 Å². The molecule has 0 unspecified atom stereocenters. The molecule has 146 valence electrons. The van der Waals surface area contributed by atoms with Gasteiger partial charge in [0.2, 0.25) is 5.78 Å². The molecule has 0 amide bonds. The summed E-state index contributed by atoms with van der Waals surface area (Å²) in [7, 11) is 0. The molecule has 0 aliphatic heterocycles. The fourth-order valence-electron chi connectivity index (χ4n) is 1.63. The van der Waals surface area contributed by atoms with Crippen molar-refractivity contribution in [1.82, 2.24) is 23.8 Å². The van der Waals surface area contributed by atoms with Gasteiger partial charge < -0.3 is 19.3 Å². The van der Waals surface area contributed by atoms with E-state index in [1.54, 1.807) is 18.6 Å². The largest absolute Gasteiger partial charge is 0.358 e. The number of imidazole rings is 2. The monoisotopic (exact) mass is 521 g/mol. The van der Waals surface area contributed by atoms with Crippen molar-refractivity contribution in [2.24, 2.45) is 0 Å². The van der Waals surface area contributed by atoms with Gasteiger partial charge in [0.15, 0.2) is 0 Å². The van der Waals surface area contributed by atoms with E-state index in [0.29, 0.717) is 0 Å². The number of pyridine rings is 1. The van der Waals surface area contributed by atoms with Crippen LogP contribution in [0.3, 0.4) is 0 Å². The molecule has 0 fully saturated rings. The standard InChI is InChI=1S/C7H6N2.C6H5N3.2C2H6.CH4.2CH3.2Y/c1-2-5-9-6-4-8-7(9)3-1;1-2-7-6-8-3-5-9(6)4-1;2*1-2;;;;;/h1-6H;1-5H;2*1-2H3;1H4;2*1H3;;/q;;;;;2*-1;;. The normalized spacial score (nSPS) is 7.26. The van der Waals surface area contributed by atoms with Crippen molar-refractivity contribution in [2.45, 2.75) is 35.1 Å². The molecule has 0 atom stereocenters. The second kappa shape index (κ2) is 23.6. The van der Waals surface area contributed by atoms with Gasteiger partial charge in [-0.05, 0) is 18.2 Å². The fraction of sp³-hybridized carbons (Fsp3) is 0.250. The van der Waals surface area contributed by atoms with Crippen LogP contribution in [-0.2, 0) is 65.4 Å². The van der Waals surface area contributed by atoms with Gasteiger partial charge in [-0.1, -0.05) is 41.2 Å². The van der Waals surface area contributed by atoms with E-state index in [0.717, 1.165) is 11.4 Å². The van der Waals surface area contributed by atoms with Crippen LogP contribution in [0.5, 0.6) is 0 Å². The molecule has 0 aliphatic carbocycles. The van der Waals surface area contributed by atoms with Crippen molar-refractivity contribution < 1.29 is 65.4 Å². The summed E-state index contributed by atoms with van der Waals surface area (Å²) in [6.45, 7) is 8.00. The maximum absolute atomic E-state index is 4.08. The molecule has 4 heterocycles. The predicted molar refractivity (Wildman–Crippen MR) is 110 cm³/mol. The zero-order chi connectivity index (χ0) is 16.2. The fourth-order valence-corrected chi connectivity index (χ4v) is 1.63. The summed E-state index contributed by atoms with van der Waals surface area (Å²) < 4.78 is 3.83. The van der Waals surface area contributed by atoms with Crippen molar-refractivity contribution in [1.29, 1.82) is 0 Å². The Bertz CT molecular complexity index is 642. The molecule has 2 radical (unpaired) electrons. The molecule has 0 aliphatic rings. The summed E-state index contributed by atoms with van der Waals surface area (Å²) in [5.41, 5.74) is 0.998. The average molecular weight is 521 g/mol. The summed E-state index contributed by atoms with van der Waals surface area (Å²) in [4.78, 5) is 12.0. The van der Waals surface area contributed by atoms with Crippen LogP contribution in [0.1, 0.15) is 35.1 Å². The molecule has 0 saturated heterocycles. The van der Waals surface area contributed by atoms with Gasteiger partial charge in [-0.15, -0.1) is 0 Å². The minimum Gasteiger partial charge on any atom is -0.358 e. The zero-order valence-electron chi connectivity index (χ0n) is 16.7. The molecule has 0 bridgehead atoms. The molecule has 0 spiro atoms. The minimum absolute atomic E-state index is 0. The molecule has 7 heteroatoms. The Morgan fingerprint density at radius 1 is 0.630 bits per heavy atom. The van der Waals surface area contributed by atoms with Crippen LogP contribution in [0, 0.1) is 14.9 Å². The van der Waals surface area contributed by atoms with Gasteiger partial charge in [-0.25, -0.2) is 15.0 Å². The number of rotatable bonds is 0. The minimum atomic E-state index is 0. The van der Waals surface area contributed by atoms with E-state index in [4.69, 9.17) is 0 Å². The average Bonchev–Trinajstić information content (AvgIpc) is 3.28. The molecule has 4 aromatic heterocycles. The van der Waals surface area contributed by atoms with Gasteiger partial charge in [0.05, 0.1) is 0 Å². The zero-order valence-corrected chi connectivity index (χ0v) is 22.4. The van der Waals surface area contributed by atoms with Crippen LogP contribution in [0.25, 0.3) is 11.4 Å². The number of hydrogen-bond donors (Lipinski definition) is 0. The first kappa shape index (κ1) is 37.3. The number of fused-ring (bicyclic) bond motifs is 2. The van der Waals surface area contributed by atoms with E-state index in [1.165, 1.54) is 0 Å². The second-order valence-corrected chi connectivity index (χ2v) is 3.65. The van der Waals surface area contributed by atoms with Crippen LogP contribution in [-0.4, -0.2) is 23.8 Å². The predicted octanol–water partition coefficient (Wildman–Crippen LogP) is 5.65. The number of nitrogens with zero attached hydrogens (tertiary/aromatic N) is 5. The summed E-state index contributed by atoms with van der Waals surface area (Å²) in [6, 6.07) is 7.80. The molecule has 4 aromatic rings. The van der Waals surface area contributed by atoms with Gasteiger partial charge >= 0.3 is 0 Å². The Morgan fingerprint density at radius 3 is 1.74 bits per heavy atom. The van der Waals surface area contributed by atoms with Crippen LogP contribution in [0.15, 0.2) is 67.6 Å². The summed E-state index contributed by atoms with van der Waals surface area (Å²) in [6.07, 6.45) is 12.9. The molecule has 0 N–H and O–H groups in total. The molecule has 0 aromatic carbocycles. The first-order valence-electron chi connectivity index (χ1n) is 7.55. The third kappa shape index (κ3) is 12.6. The van der Waals surface area contributed by atoms with E-state index >= 15 is 0 Å². The maximum Gasteiger partial charge on any atom is 0.233 e. The molecular formula is C20H33N5Y2-2. The molecule has 4 rings (SSSR count). The van der Waals surface area contributed by atoms with Gasteiger partial charge in [0, 0.05) is 109 Å². The quantitative estimate of drug-likeness (QED) is 0.281. The van der Waals surface area contributed by atoms with E-state index in [2.05, 4.69) is 15.0 Å². The van der Waals surface area contributed by atoms with Crippen molar-refractivity contribution in [3.05, 3.63) is 82.5 Å². The van der Waals surface area contributed by atoms with Crippen molar-refractivity contribution in [3.63, 3.8) is 0 Å². The Balaban J connectivity index is -0.0000000873. The SMILES string of the molecule is C.CC.CC.[CH3-].[CH3-].[Y].[Y].c1ccn2ccnc2c1.c1cnc2nccn2c1.